The van der Waals surface area contributed by atoms with Crippen LogP contribution in [-0.2, 0) is 4.79 Å². The van der Waals surface area contributed by atoms with Gasteiger partial charge in [0.2, 0.25) is 0 Å². The average molecular weight is 346 g/mol. The van der Waals surface area contributed by atoms with E-state index < -0.39 is 12.1 Å². The predicted molar refractivity (Wildman–Crippen MR) is 79.4 cm³/mol. The lowest BCUT2D eigenvalue weighted by atomic mass is 10.2. The van der Waals surface area contributed by atoms with E-state index in [4.69, 9.17) is 15.6 Å². The number of benzene rings is 1. The van der Waals surface area contributed by atoms with Gasteiger partial charge in [0.1, 0.15) is 5.75 Å². The lowest BCUT2D eigenvalue weighted by Crippen LogP contribution is -2.24. The Bertz CT molecular complexity index is 522. The van der Waals surface area contributed by atoms with Crippen molar-refractivity contribution < 1.29 is 14.6 Å². The monoisotopic (exact) mass is 345 g/mol. The molecule has 0 aliphatic heterocycles. The number of thiocarbonyl (C=S) groups is 1. The van der Waals surface area contributed by atoms with Gasteiger partial charge in [0, 0.05) is 0 Å². The molecule has 1 atom stereocenters. The number of nitrogens with one attached hydrogen (secondary N) is 1. The molecule has 0 bridgehead atoms. The van der Waals surface area contributed by atoms with Crippen molar-refractivity contribution in [1.29, 1.82) is 0 Å². The third-order valence-corrected chi connectivity index (χ3v) is 2.71. The maximum Gasteiger partial charge on any atom is 0.344 e. The number of carbonyl (C=O) groups is 1. The summed E-state index contributed by atoms with van der Waals surface area (Å²) in [6, 6.07) is 5.10. The number of aliphatic carboxylic acids is 1. The van der Waals surface area contributed by atoms with Crippen molar-refractivity contribution in [2.24, 2.45) is 10.8 Å². The van der Waals surface area contributed by atoms with Crippen molar-refractivity contribution in [3.63, 3.8) is 0 Å². The minimum Gasteiger partial charge on any atom is -0.479 e. The summed E-state index contributed by atoms with van der Waals surface area (Å²) in [4.78, 5) is 10.7. The van der Waals surface area contributed by atoms with E-state index in [2.05, 4.69) is 38.7 Å². The molecule has 0 aliphatic rings. The fourth-order valence-electron chi connectivity index (χ4n) is 1.10. The molecular weight excluding hydrogens is 334 g/mol. The second-order valence-corrected chi connectivity index (χ2v) is 4.82. The maximum atomic E-state index is 10.7. The quantitative estimate of drug-likeness (QED) is 0.424. The second kappa shape index (κ2) is 7.05. The van der Waals surface area contributed by atoms with Crippen LogP contribution in [0.1, 0.15) is 12.5 Å². The number of nitrogens with two attached hydrogens (primary N) is 1. The van der Waals surface area contributed by atoms with Crippen LogP contribution in [0.25, 0.3) is 0 Å². The van der Waals surface area contributed by atoms with Crippen LogP contribution in [0.15, 0.2) is 27.8 Å². The van der Waals surface area contributed by atoms with Crippen LogP contribution in [0.5, 0.6) is 5.75 Å². The number of ether oxygens (including phenoxy) is 1. The minimum atomic E-state index is -1.03. The molecule has 102 valence electrons. The van der Waals surface area contributed by atoms with Gasteiger partial charge in [-0.1, -0.05) is 0 Å². The summed E-state index contributed by atoms with van der Waals surface area (Å²) in [7, 11) is 0. The molecular formula is C11H12BrN3O3S. The van der Waals surface area contributed by atoms with Crippen LogP contribution in [0, 0.1) is 0 Å². The van der Waals surface area contributed by atoms with Gasteiger partial charge < -0.3 is 15.6 Å². The molecule has 1 aromatic carbocycles. The van der Waals surface area contributed by atoms with Crippen LogP contribution < -0.4 is 15.9 Å². The van der Waals surface area contributed by atoms with Crippen molar-refractivity contribution in [3.8, 4) is 5.75 Å². The standard InChI is InChI=1S/C11H12BrN3O3S/c1-6(10(16)17)18-9-3-2-7(4-8(9)12)5-14-15-11(13)19/h2-6H,1H3,(H,16,17)(H3,13,15,19). The molecule has 0 saturated carbocycles. The second-order valence-electron chi connectivity index (χ2n) is 3.52. The lowest BCUT2D eigenvalue weighted by Gasteiger charge is -2.12. The van der Waals surface area contributed by atoms with Gasteiger partial charge in [0.25, 0.3) is 0 Å². The van der Waals surface area contributed by atoms with Crippen LogP contribution >= 0.6 is 28.1 Å². The normalized spacial score (nSPS) is 12.1. The maximum absolute atomic E-state index is 10.7. The summed E-state index contributed by atoms with van der Waals surface area (Å²) >= 11 is 7.89. The number of carboxylic acids is 1. The van der Waals surface area contributed by atoms with E-state index in [1.807, 2.05) is 0 Å². The van der Waals surface area contributed by atoms with E-state index in [9.17, 15) is 4.79 Å². The average Bonchev–Trinajstić information content (AvgIpc) is 2.31. The molecule has 0 saturated heterocycles. The zero-order valence-corrected chi connectivity index (χ0v) is 12.4. The summed E-state index contributed by atoms with van der Waals surface area (Å²) in [5.74, 6) is -0.590. The van der Waals surface area contributed by atoms with Gasteiger partial charge in [-0.05, 0) is 58.8 Å². The highest BCUT2D eigenvalue weighted by Gasteiger charge is 2.14. The van der Waals surface area contributed by atoms with Gasteiger partial charge in [-0.2, -0.15) is 5.10 Å². The Morgan fingerprint density at radius 3 is 2.89 bits per heavy atom. The van der Waals surface area contributed by atoms with Gasteiger partial charge in [0.05, 0.1) is 10.7 Å². The van der Waals surface area contributed by atoms with Crippen LogP contribution in [0.2, 0.25) is 0 Å². The highest BCUT2D eigenvalue weighted by atomic mass is 79.9. The Kier molecular flexibility index (Phi) is 5.71. The van der Waals surface area contributed by atoms with Crippen molar-refractivity contribution in [2.75, 3.05) is 0 Å². The van der Waals surface area contributed by atoms with Crippen LogP contribution in [0.3, 0.4) is 0 Å². The number of halogens is 1. The van der Waals surface area contributed by atoms with Gasteiger partial charge in [-0.15, -0.1) is 0 Å². The van der Waals surface area contributed by atoms with E-state index in [0.717, 1.165) is 5.56 Å². The predicted octanol–water partition coefficient (Wildman–Crippen LogP) is 1.47. The van der Waals surface area contributed by atoms with Crippen LogP contribution in [-0.4, -0.2) is 28.5 Å². The third-order valence-electron chi connectivity index (χ3n) is 2.00. The molecule has 0 heterocycles. The zero-order valence-electron chi connectivity index (χ0n) is 9.96. The molecule has 0 amide bonds. The van der Waals surface area contributed by atoms with Gasteiger partial charge in [-0.3, -0.25) is 5.43 Å². The van der Waals surface area contributed by atoms with Gasteiger partial charge in [-0.25, -0.2) is 4.79 Å². The number of rotatable bonds is 5. The van der Waals surface area contributed by atoms with E-state index in [-0.39, 0.29) is 5.11 Å². The number of hydrogen-bond acceptors (Lipinski definition) is 4. The van der Waals surface area contributed by atoms with Crippen molar-refractivity contribution in [2.45, 2.75) is 13.0 Å². The number of hydrazone groups is 1. The molecule has 4 N–H and O–H groups in total. The molecule has 0 spiro atoms. The van der Waals surface area contributed by atoms with Crippen LogP contribution in [0.4, 0.5) is 0 Å². The van der Waals surface area contributed by atoms with Crippen molar-refractivity contribution in [1.82, 2.24) is 5.43 Å². The van der Waals surface area contributed by atoms with Gasteiger partial charge in [0.15, 0.2) is 11.2 Å². The Labute approximate surface area is 123 Å². The van der Waals surface area contributed by atoms with Crippen molar-refractivity contribution >= 4 is 45.4 Å². The van der Waals surface area contributed by atoms with E-state index in [1.54, 1.807) is 18.2 Å². The SMILES string of the molecule is CC(Oc1ccc(C=NNC(N)=S)cc1Br)C(=O)O. The molecule has 0 aliphatic carbocycles. The van der Waals surface area contributed by atoms with E-state index in [0.29, 0.717) is 10.2 Å². The fourth-order valence-corrected chi connectivity index (χ4v) is 1.65. The number of nitrogens with zero attached hydrogens (tertiary/aromatic N) is 1. The molecule has 1 aromatic rings. The minimum absolute atomic E-state index is 0.0746. The fraction of sp³-hybridized carbons (Fsp3) is 0.182. The first kappa shape index (κ1) is 15.4. The molecule has 0 aromatic heterocycles. The first-order valence-electron chi connectivity index (χ1n) is 5.17. The zero-order chi connectivity index (χ0) is 14.4. The smallest absolute Gasteiger partial charge is 0.344 e. The number of carboxylic acid groups (broad SMARTS) is 1. The highest BCUT2D eigenvalue weighted by Crippen LogP contribution is 2.26. The number of hydrogen-bond donors (Lipinski definition) is 3. The van der Waals surface area contributed by atoms with E-state index >= 15 is 0 Å². The summed E-state index contributed by atoms with van der Waals surface area (Å²) < 4.78 is 5.88. The molecule has 0 fully saturated rings. The Morgan fingerprint density at radius 1 is 1.68 bits per heavy atom. The molecule has 6 nitrogen and oxygen atoms in total. The highest BCUT2D eigenvalue weighted by molar-refractivity contribution is 9.10. The Hall–Kier alpha value is -1.67. The van der Waals surface area contributed by atoms with Crippen molar-refractivity contribution in [3.05, 3.63) is 28.2 Å². The molecule has 8 heteroatoms. The summed E-state index contributed by atoms with van der Waals surface area (Å²) in [6.45, 7) is 1.45. The molecule has 19 heavy (non-hydrogen) atoms. The topological polar surface area (TPSA) is 96.9 Å². The summed E-state index contributed by atoms with van der Waals surface area (Å²) in [6.07, 6.45) is 0.598. The van der Waals surface area contributed by atoms with Gasteiger partial charge >= 0.3 is 5.97 Å². The lowest BCUT2D eigenvalue weighted by molar-refractivity contribution is -0.144. The Morgan fingerprint density at radius 2 is 2.37 bits per heavy atom. The molecule has 0 radical (unpaired) electrons. The van der Waals surface area contributed by atoms with E-state index in [1.165, 1.54) is 13.1 Å². The summed E-state index contributed by atoms with van der Waals surface area (Å²) in [5.41, 5.74) is 8.41. The molecule has 1 rings (SSSR count). The summed E-state index contributed by atoms with van der Waals surface area (Å²) in [5, 5.41) is 12.6. The first-order valence-corrected chi connectivity index (χ1v) is 6.38. The third kappa shape index (κ3) is 5.23. The largest absolute Gasteiger partial charge is 0.479 e. The molecule has 1 unspecified atom stereocenters. The first-order chi connectivity index (χ1) is 8.90. The Balaban J connectivity index is 2.77.